The van der Waals surface area contributed by atoms with E-state index < -0.39 is 0 Å². The number of hydrazine groups is 1. The lowest BCUT2D eigenvalue weighted by atomic mass is 9.71. The average Bonchev–Trinajstić information content (AvgIpc) is 3.16. The Morgan fingerprint density at radius 3 is 2.87 bits per heavy atom. The minimum absolute atomic E-state index is 0.0212. The van der Waals surface area contributed by atoms with Gasteiger partial charge >= 0.3 is 6.03 Å². The topological polar surface area (TPSA) is 78.5 Å². The number of urea groups is 1. The number of nitrogens with one attached hydrogen (secondary N) is 3. The number of carbonyl (C=O) groups is 1. The van der Waals surface area contributed by atoms with E-state index in [0.29, 0.717) is 24.4 Å². The number of hydrogen-bond acceptors (Lipinski definition) is 5. The third-order valence-electron chi connectivity index (χ3n) is 6.91. The maximum atomic E-state index is 12.8. The Kier molecular flexibility index (Phi) is 5.08. The van der Waals surface area contributed by atoms with Gasteiger partial charge in [-0.05, 0) is 55.4 Å². The van der Waals surface area contributed by atoms with Gasteiger partial charge in [-0.15, -0.1) is 0 Å². The van der Waals surface area contributed by atoms with Crippen molar-refractivity contribution in [1.82, 2.24) is 26.1 Å². The maximum absolute atomic E-state index is 12.8. The molecule has 7 heteroatoms. The highest BCUT2D eigenvalue weighted by Gasteiger charge is 2.47. The lowest BCUT2D eigenvalue weighted by Gasteiger charge is -2.45. The van der Waals surface area contributed by atoms with Crippen molar-refractivity contribution >= 4 is 6.03 Å². The molecule has 3 N–H and O–H groups in total. The molecule has 1 aromatic carbocycles. The summed E-state index contributed by atoms with van der Waals surface area (Å²) in [6, 6.07) is 13.1. The van der Waals surface area contributed by atoms with Gasteiger partial charge in [0.2, 0.25) is 0 Å². The Labute approximate surface area is 177 Å². The molecule has 0 spiro atoms. The standard InChI is InChI=1S/C23H29N5O2/c1-14-9-15(7-8-24-14)22-18-10-17-13-28(12-16-5-3-4-6-21(16)30-2)23(29)25-19(17)11-20(18)26-27-22/h3-9,17-20,22,26-27H,10-13H2,1-2H3,(H,25,29). The first-order valence-corrected chi connectivity index (χ1v) is 10.7. The molecule has 3 fully saturated rings. The van der Waals surface area contributed by atoms with Gasteiger partial charge in [-0.2, -0.15) is 0 Å². The summed E-state index contributed by atoms with van der Waals surface area (Å²) in [4.78, 5) is 19.1. The number of amides is 2. The van der Waals surface area contributed by atoms with Crippen LogP contribution in [0.1, 0.15) is 35.7 Å². The average molecular weight is 408 g/mol. The van der Waals surface area contributed by atoms with Crippen molar-refractivity contribution in [3.8, 4) is 5.75 Å². The Morgan fingerprint density at radius 1 is 1.17 bits per heavy atom. The van der Waals surface area contributed by atoms with Crippen LogP contribution in [0.2, 0.25) is 0 Å². The lowest BCUT2D eigenvalue weighted by molar-refractivity contribution is 0.0958. The lowest BCUT2D eigenvalue weighted by Crippen LogP contribution is -2.60. The van der Waals surface area contributed by atoms with E-state index in [2.05, 4.69) is 33.3 Å². The van der Waals surface area contributed by atoms with Crippen LogP contribution in [0.4, 0.5) is 4.79 Å². The largest absolute Gasteiger partial charge is 0.496 e. The van der Waals surface area contributed by atoms with Gasteiger partial charge in [0.15, 0.2) is 0 Å². The van der Waals surface area contributed by atoms with E-state index in [1.165, 1.54) is 5.56 Å². The van der Waals surface area contributed by atoms with Gasteiger partial charge < -0.3 is 15.0 Å². The Bertz CT molecular complexity index is 935. The van der Waals surface area contributed by atoms with Gasteiger partial charge in [-0.25, -0.2) is 10.2 Å². The second-order valence-corrected chi connectivity index (χ2v) is 8.75. The summed E-state index contributed by atoms with van der Waals surface area (Å²) in [6.07, 6.45) is 3.92. The Balaban J connectivity index is 1.32. The number of aryl methyl sites for hydroxylation is 1. The summed E-state index contributed by atoms with van der Waals surface area (Å²) in [5, 5.41) is 3.27. The van der Waals surface area contributed by atoms with E-state index in [9.17, 15) is 4.79 Å². The van der Waals surface area contributed by atoms with Crippen molar-refractivity contribution in [1.29, 1.82) is 0 Å². The quantitative estimate of drug-likeness (QED) is 0.726. The number of nitrogens with zero attached hydrogens (tertiary/aromatic N) is 2. The van der Waals surface area contributed by atoms with Crippen LogP contribution in [0, 0.1) is 18.8 Å². The van der Waals surface area contributed by atoms with Crippen molar-refractivity contribution in [3.05, 3.63) is 59.4 Å². The van der Waals surface area contributed by atoms with E-state index in [1.54, 1.807) is 7.11 Å². The fourth-order valence-electron chi connectivity index (χ4n) is 5.42. The molecule has 158 valence electrons. The van der Waals surface area contributed by atoms with E-state index in [1.807, 2.05) is 42.3 Å². The van der Waals surface area contributed by atoms with Crippen LogP contribution in [-0.2, 0) is 6.54 Å². The number of fused-ring (bicyclic) bond motifs is 2. The molecule has 7 nitrogen and oxygen atoms in total. The smallest absolute Gasteiger partial charge is 0.317 e. The van der Waals surface area contributed by atoms with Crippen LogP contribution >= 0.6 is 0 Å². The number of carbonyl (C=O) groups excluding carboxylic acids is 1. The Morgan fingerprint density at radius 2 is 2.03 bits per heavy atom. The molecule has 5 unspecified atom stereocenters. The number of para-hydroxylation sites is 1. The molecule has 3 aliphatic rings. The second kappa shape index (κ2) is 7.89. The van der Waals surface area contributed by atoms with Gasteiger partial charge in [0, 0.05) is 36.1 Å². The number of ether oxygens (including phenoxy) is 1. The van der Waals surface area contributed by atoms with E-state index in [0.717, 1.165) is 36.4 Å². The minimum Gasteiger partial charge on any atom is -0.496 e. The third kappa shape index (κ3) is 3.52. The molecule has 5 rings (SSSR count). The van der Waals surface area contributed by atoms with Crippen LogP contribution in [0.3, 0.4) is 0 Å². The van der Waals surface area contributed by atoms with Gasteiger partial charge in [-0.1, -0.05) is 18.2 Å². The molecule has 5 atom stereocenters. The van der Waals surface area contributed by atoms with Crippen LogP contribution in [-0.4, -0.2) is 41.7 Å². The van der Waals surface area contributed by atoms with Crippen molar-refractivity contribution in [2.45, 2.75) is 44.4 Å². The van der Waals surface area contributed by atoms with Gasteiger partial charge in [0.1, 0.15) is 5.75 Å². The monoisotopic (exact) mass is 407 g/mol. The fraction of sp³-hybridized carbons (Fsp3) is 0.478. The summed E-state index contributed by atoms with van der Waals surface area (Å²) in [6.45, 7) is 3.38. The number of rotatable bonds is 4. The molecule has 0 radical (unpaired) electrons. The summed E-state index contributed by atoms with van der Waals surface area (Å²) >= 11 is 0. The molecule has 2 aliphatic heterocycles. The molecule has 3 heterocycles. The molecular weight excluding hydrogens is 378 g/mol. The van der Waals surface area contributed by atoms with Crippen LogP contribution in [0.15, 0.2) is 42.6 Å². The number of aromatic nitrogens is 1. The van der Waals surface area contributed by atoms with Crippen LogP contribution in [0.25, 0.3) is 0 Å². The van der Waals surface area contributed by atoms with Crippen LogP contribution < -0.4 is 20.9 Å². The van der Waals surface area contributed by atoms with E-state index in [4.69, 9.17) is 4.74 Å². The van der Waals surface area contributed by atoms with Crippen LogP contribution in [0.5, 0.6) is 5.75 Å². The zero-order valence-corrected chi connectivity index (χ0v) is 17.5. The van der Waals surface area contributed by atoms with Crippen molar-refractivity contribution in [2.75, 3.05) is 13.7 Å². The van der Waals surface area contributed by atoms with Crippen molar-refractivity contribution in [3.63, 3.8) is 0 Å². The molecule has 2 saturated heterocycles. The van der Waals surface area contributed by atoms with Gasteiger partial charge in [0.25, 0.3) is 0 Å². The zero-order chi connectivity index (χ0) is 20.7. The predicted molar refractivity (Wildman–Crippen MR) is 114 cm³/mol. The number of methoxy groups -OCH3 is 1. The first-order chi connectivity index (χ1) is 14.6. The highest BCUT2D eigenvalue weighted by molar-refractivity contribution is 5.75. The molecule has 30 heavy (non-hydrogen) atoms. The first-order valence-electron chi connectivity index (χ1n) is 10.7. The minimum atomic E-state index is 0.0212. The molecule has 0 bridgehead atoms. The first kappa shape index (κ1) is 19.3. The van der Waals surface area contributed by atoms with Gasteiger partial charge in [0.05, 0.1) is 19.7 Å². The normalized spacial score (nSPS) is 30.4. The molecular formula is C23H29N5O2. The highest BCUT2D eigenvalue weighted by Crippen LogP contribution is 2.42. The number of pyridine rings is 1. The summed E-state index contributed by atoms with van der Waals surface area (Å²) in [5.74, 6) is 1.76. The van der Waals surface area contributed by atoms with E-state index >= 15 is 0 Å². The van der Waals surface area contributed by atoms with E-state index in [-0.39, 0.29) is 18.1 Å². The molecule has 1 aliphatic carbocycles. The SMILES string of the molecule is COc1ccccc1CN1CC2CC3C(CC2NC1=O)NNC3c1ccnc(C)c1. The summed E-state index contributed by atoms with van der Waals surface area (Å²) in [5.41, 5.74) is 10.4. The summed E-state index contributed by atoms with van der Waals surface area (Å²) < 4.78 is 5.48. The predicted octanol–water partition coefficient (Wildman–Crippen LogP) is 2.54. The highest BCUT2D eigenvalue weighted by atomic mass is 16.5. The summed E-state index contributed by atoms with van der Waals surface area (Å²) in [7, 11) is 1.67. The fourth-order valence-corrected chi connectivity index (χ4v) is 5.42. The zero-order valence-electron chi connectivity index (χ0n) is 17.5. The number of benzene rings is 1. The van der Waals surface area contributed by atoms with Crippen molar-refractivity contribution < 1.29 is 9.53 Å². The van der Waals surface area contributed by atoms with Gasteiger partial charge in [-0.3, -0.25) is 10.4 Å². The molecule has 2 amide bonds. The third-order valence-corrected chi connectivity index (χ3v) is 6.91. The molecule has 2 aromatic rings. The maximum Gasteiger partial charge on any atom is 0.317 e. The second-order valence-electron chi connectivity index (χ2n) is 8.75. The number of hydrogen-bond donors (Lipinski definition) is 3. The molecule has 1 aromatic heterocycles. The van der Waals surface area contributed by atoms with Crippen molar-refractivity contribution in [2.24, 2.45) is 11.8 Å². The molecule has 1 saturated carbocycles. The Hall–Kier alpha value is -2.64.